The second-order valence-corrected chi connectivity index (χ2v) is 10.3. The van der Waals surface area contributed by atoms with E-state index in [4.69, 9.17) is 9.47 Å². The minimum atomic E-state index is -1.59. The summed E-state index contributed by atoms with van der Waals surface area (Å²) in [5.74, 6) is -5.08. The van der Waals surface area contributed by atoms with Crippen molar-refractivity contribution in [1.82, 2.24) is 0 Å². The number of hydrogen-bond acceptors (Lipinski definition) is 12. The van der Waals surface area contributed by atoms with E-state index in [1.807, 2.05) is 0 Å². The number of phenolic OH excluding ortho intramolecular Hbond substituents is 8. The largest absolute Gasteiger partial charge is 0.508 e. The van der Waals surface area contributed by atoms with Crippen LogP contribution in [0.2, 0.25) is 0 Å². The predicted octanol–water partition coefficient (Wildman–Crippen LogP) is 3.00. The first-order chi connectivity index (χ1) is 19.9. The van der Waals surface area contributed by atoms with Gasteiger partial charge in [0.05, 0.1) is 12.0 Å². The number of benzene rings is 4. The van der Waals surface area contributed by atoms with Crippen LogP contribution in [0.15, 0.2) is 54.6 Å². The van der Waals surface area contributed by atoms with Crippen LogP contribution >= 0.6 is 0 Å². The molecule has 0 spiro atoms. The Kier molecular flexibility index (Phi) is 6.24. The van der Waals surface area contributed by atoms with Gasteiger partial charge in [-0.2, -0.15) is 0 Å². The summed E-state index contributed by atoms with van der Waals surface area (Å²) in [4.78, 5) is 0. The quantitative estimate of drug-likeness (QED) is 0.159. The zero-order valence-corrected chi connectivity index (χ0v) is 21.6. The highest BCUT2D eigenvalue weighted by Gasteiger charge is 2.46. The number of ether oxygens (including phenoxy) is 2. The van der Waals surface area contributed by atoms with Crippen LogP contribution < -0.4 is 9.47 Å². The SMILES string of the molecule is Oc1cc(O)c2c(c1)O[C@@H](c1ccc(O)c(O)c1)[C@@H](O)[C@@H]2c1c(O)cc(O)c2c1O[C@@H](c1ccc(O)c(O)c1)[C@H](O)C2. The van der Waals surface area contributed by atoms with Crippen LogP contribution in [-0.2, 0) is 6.42 Å². The van der Waals surface area contributed by atoms with Crippen LogP contribution in [0.25, 0.3) is 0 Å². The zero-order valence-electron chi connectivity index (χ0n) is 21.6. The summed E-state index contributed by atoms with van der Waals surface area (Å²) in [5.41, 5.74) is 0.435. The molecule has 6 rings (SSSR count). The van der Waals surface area contributed by atoms with Crippen LogP contribution in [0.5, 0.6) is 57.5 Å². The van der Waals surface area contributed by atoms with Crippen molar-refractivity contribution in [3.05, 3.63) is 82.4 Å². The van der Waals surface area contributed by atoms with E-state index in [-0.39, 0.29) is 51.5 Å². The van der Waals surface area contributed by atoms with Crippen molar-refractivity contribution in [3.63, 3.8) is 0 Å². The van der Waals surface area contributed by atoms with Crippen molar-refractivity contribution in [3.8, 4) is 57.5 Å². The molecular formula is C30H26O12. The zero-order chi connectivity index (χ0) is 30.0. The van der Waals surface area contributed by atoms with Crippen LogP contribution in [0.4, 0.5) is 0 Å². The molecule has 0 unspecified atom stereocenters. The molecule has 0 radical (unpaired) electrons. The number of fused-ring (bicyclic) bond motifs is 2. The van der Waals surface area contributed by atoms with Crippen LogP contribution in [0.3, 0.4) is 0 Å². The standard InChI is InChI=1S/C30H26O12/c31-13-7-20(37)24-23(8-13)41-29(12-2-4-16(33)19(36)6-12)27(40)26(24)25-21(38)10-17(34)14-9-22(39)28(42-30(14)25)11-1-3-15(32)18(35)5-11/h1-8,10,22,26-29,31-40H,9H2/t22-,26+,27+,28+,29+/m1/s1. The first-order valence-corrected chi connectivity index (χ1v) is 12.8. The van der Waals surface area contributed by atoms with Gasteiger partial charge < -0.3 is 60.5 Å². The highest BCUT2D eigenvalue weighted by atomic mass is 16.5. The van der Waals surface area contributed by atoms with E-state index in [0.29, 0.717) is 0 Å². The maximum atomic E-state index is 11.8. The lowest BCUT2D eigenvalue weighted by Gasteiger charge is -2.40. The molecule has 0 fully saturated rings. The molecule has 0 aliphatic carbocycles. The van der Waals surface area contributed by atoms with Gasteiger partial charge in [-0.3, -0.25) is 0 Å². The first-order valence-electron chi connectivity index (χ1n) is 12.8. The summed E-state index contributed by atoms with van der Waals surface area (Å²) >= 11 is 0. The average Bonchev–Trinajstić information content (AvgIpc) is 2.93. The van der Waals surface area contributed by atoms with Gasteiger partial charge in [-0.15, -0.1) is 0 Å². The van der Waals surface area contributed by atoms with Crippen LogP contribution in [-0.4, -0.2) is 63.3 Å². The summed E-state index contributed by atoms with van der Waals surface area (Å²) in [5, 5.41) is 105. The minimum absolute atomic E-state index is 0.0312. The molecule has 0 bridgehead atoms. The maximum absolute atomic E-state index is 11.8. The van der Waals surface area contributed by atoms with Crippen LogP contribution in [0, 0.1) is 0 Å². The van der Waals surface area contributed by atoms with Gasteiger partial charge in [-0.05, 0) is 35.4 Å². The van der Waals surface area contributed by atoms with Gasteiger partial charge in [-0.25, -0.2) is 0 Å². The number of rotatable bonds is 3. The highest BCUT2D eigenvalue weighted by molar-refractivity contribution is 5.65. The summed E-state index contributed by atoms with van der Waals surface area (Å²) in [7, 11) is 0. The van der Waals surface area contributed by atoms with E-state index in [1.165, 1.54) is 42.5 Å². The van der Waals surface area contributed by atoms with E-state index in [0.717, 1.165) is 12.1 Å². The molecule has 0 saturated heterocycles. The van der Waals surface area contributed by atoms with E-state index >= 15 is 0 Å². The van der Waals surface area contributed by atoms with E-state index in [9.17, 15) is 51.1 Å². The number of aliphatic hydroxyl groups excluding tert-OH is 2. The Morgan fingerprint density at radius 1 is 0.548 bits per heavy atom. The molecule has 0 saturated carbocycles. The van der Waals surface area contributed by atoms with Crippen molar-refractivity contribution >= 4 is 0 Å². The molecule has 4 aromatic rings. The second kappa shape index (κ2) is 9.72. The molecule has 42 heavy (non-hydrogen) atoms. The molecule has 12 heteroatoms. The summed E-state index contributed by atoms with van der Waals surface area (Å²) in [6.45, 7) is 0. The fourth-order valence-corrected chi connectivity index (χ4v) is 5.71. The molecule has 12 nitrogen and oxygen atoms in total. The molecule has 218 valence electrons. The van der Waals surface area contributed by atoms with Gasteiger partial charge in [0, 0.05) is 41.3 Å². The van der Waals surface area contributed by atoms with E-state index in [1.54, 1.807) is 0 Å². The molecule has 10 N–H and O–H groups in total. The Bertz CT molecular complexity index is 1720. The molecular weight excluding hydrogens is 552 g/mol. The highest BCUT2D eigenvalue weighted by Crippen LogP contribution is 2.57. The number of phenols is 8. The predicted molar refractivity (Wildman–Crippen MR) is 143 cm³/mol. The Balaban J connectivity index is 1.55. The Morgan fingerprint density at radius 3 is 1.76 bits per heavy atom. The normalized spacial score (nSPS) is 22.9. The van der Waals surface area contributed by atoms with Crippen molar-refractivity contribution in [1.29, 1.82) is 0 Å². The molecule has 2 aliphatic heterocycles. The Morgan fingerprint density at radius 2 is 1.14 bits per heavy atom. The fraction of sp³-hybridized carbons (Fsp3) is 0.200. The third kappa shape index (κ3) is 4.24. The minimum Gasteiger partial charge on any atom is -0.508 e. The van der Waals surface area contributed by atoms with Gasteiger partial charge in [0.1, 0.15) is 46.7 Å². The molecule has 0 amide bonds. The van der Waals surface area contributed by atoms with E-state index in [2.05, 4.69) is 0 Å². The lowest BCUT2D eigenvalue weighted by molar-refractivity contribution is 0.00115. The van der Waals surface area contributed by atoms with Crippen molar-refractivity contribution in [2.24, 2.45) is 0 Å². The van der Waals surface area contributed by atoms with E-state index < -0.39 is 70.6 Å². The van der Waals surface area contributed by atoms with Crippen molar-refractivity contribution in [2.45, 2.75) is 36.8 Å². The third-order valence-corrected chi connectivity index (χ3v) is 7.67. The number of aromatic hydroxyl groups is 8. The fourth-order valence-electron chi connectivity index (χ4n) is 5.71. The molecule has 2 aliphatic rings. The smallest absolute Gasteiger partial charge is 0.157 e. The molecule has 2 heterocycles. The summed E-state index contributed by atoms with van der Waals surface area (Å²) < 4.78 is 12.1. The molecule has 4 aromatic carbocycles. The first kappa shape index (κ1) is 27.0. The molecule has 0 aromatic heterocycles. The summed E-state index contributed by atoms with van der Waals surface area (Å²) in [6.07, 6.45) is -5.43. The topological polar surface area (TPSA) is 221 Å². The molecule has 5 atom stereocenters. The Hall–Kier alpha value is -5.20. The number of hydrogen-bond donors (Lipinski definition) is 10. The van der Waals surface area contributed by atoms with Crippen LogP contribution in [0.1, 0.15) is 45.9 Å². The van der Waals surface area contributed by atoms with Crippen molar-refractivity contribution < 1.29 is 60.5 Å². The van der Waals surface area contributed by atoms with Gasteiger partial charge in [0.15, 0.2) is 29.1 Å². The average molecular weight is 579 g/mol. The number of aliphatic hydroxyl groups is 2. The van der Waals surface area contributed by atoms with Gasteiger partial charge in [0.2, 0.25) is 0 Å². The second-order valence-electron chi connectivity index (χ2n) is 10.3. The Labute approximate surface area is 237 Å². The van der Waals surface area contributed by atoms with Crippen molar-refractivity contribution in [2.75, 3.05) is 0 Å². The van der Waals surface area contributed by atoms with Gasteiger partial charge in [0.25, 0.3) is 0 Å². The van der Waals surface area contributed by atoms with Gasteiger partial charge in [-0.1, -0.05) is 12.1 Å². The lowest BCUT2D eigenvalue weighted by atomic mass is 9.77. The van der Waals surface area contributed by atoms with Gasteiger partial charge >= 0.3 is 0 Å². The lowest BCUT2D eigenvalue weighted by Crippen LogP contribution is -2.36. The monoisotopic (exact) mass is 578 g/mol. The third-order valence-electron chi connectivity index (χ3n) is 7.67. The maximum Gasteiger partial charge on any atom is 0.157 e. The summed E-state index contributed by atoms with van der Waals surface area (Å²) in [6, 6.07) is 10.8.